The molecule has 198 valence electrons. The van der Waals surface area contributed by atoms with Crippen LogP contribution < -0.4 is 10.6 Å². The normalized spacial score (nSPS) is 15.7. The Balaban J connectivity index is 1.66. The lowest BCUT2D eigenvalue weighted by atomic mass is 9.80. The molecule has 1 aliphatic carbocycles. The van der Waals surface area contributed by atoms with Gasteiger partial charge in [0.05, 0.1) is 11.1 Å². The number of hydrogen-bond donors (Lipinski definition) is 2. The lowest BCUT2D eigenvalue weighted by molar-refractivity contribution is -0.133. The Morgan fingerprint density at radius 2 is 1.81 bits per heavy atom. The van der Waals surface area contributed by atoms with Gasteiger partial charge in [0.1, 0.15) is 6.67 Å². The van der Waals surface area contributed by atoms with Gasteiger partial charge in [-0.05, 0) is 60.6 Å². The lowest BCUT2D eigenvalue weighted by Gasteiger charge is -2.28. The number of nitrogens with one attached hydrogen (secondary N) is 2. The third kappa shape index (κ3) is 7.51. The van der Waals surface area contributed by atoms with E-state index >= 15 is 0 Å². The summed E-state index contributed by atoms with van der Waals surface area (Å²) in [7, 11) is 0. The molecule has 3 amide bonds. The monoisotopic (exact) mass is 525 g/mol. The van der Waals surface area contributed by atoms with E-state index in [0.29, 0.717) is 40.8 Å². The molecule has 1 fully saturated rings. The van der Waals surface area contributed by atoms with Crippen LogP contribution in [0.1, 0.15) is 87.5 Å². The van der Waals surface area contributed by atoms with E-state index in [1.165, 1.54) is 5.56 Å². The second-order valence-electron chi connectivity index (χ2n) is 10.2. The van der Waals surface area contributed by atoms with Crippen LogP contribution in [0, 0.1) is 5.41 Å². The topological polar surface area (TPSA) is 70.6 Å². The molecule has 2 aromatic rings. The van der Waals surface area contributed by atoms with Crippen LogP contribution in [-0.4, -0.2) is 24.3 Å². The molecule has 0 heterocycles. The number of nitrogens with zero attached hydrogens (tertiary/aromatic N) is 1. The molecule has 2 aromatic carbocycles. The molecular formula is C30H37ClFN3O2. The van der Waals surface area contributed by atoms with E-state index in [1.54, 1.807) is 25.1 Å². The highest BCUT2D eigenvalue weighted by Gasteiger charge is 2.38. The van der Waals surface area contributed by atoms with Gasteiger partial charge in [-0.25, -0.2) is 9.18 Å². The van der Waals surface area contributed by atoms with Crippen LogP contribution in [0.2, 0.25) is 5.02 Å². The molecule has 37 heavy (non-hydrogen) atoms. The van der Waals surface area contributed by atoms with Crippen molar-refractivity contribution < 1.29 is 14.0 Å². The number of alkyl halides is 1. The molecule has 0 radical (unpaired) electrons. The second kappa shape index (κ2) is 13.0. The summed E-state index contributed by atoms with van der Waals surface area (Å²) >= 11 is 6.39. The fourth-order valence-corrected chi connectivity index (χ4v) is 4.91. The van der Waals surface area contributed by atoms with Crippen LogP contribution in [0.15, 0.2) is 54.0 Å². The Morgan fingerprint density at radius 1 is 1.11 bits per heavy atom. The minimum atomic E-state index is -0.937. The molecule has 0 spiro atoms. The van der Waals surface area contributed by atoms with Crippen LogP contribution in [0.25, 0.3) is 5.70 Å². The zero-order valence-corrected chi connectivity index (χ0v) is 22.8. The van der Waals surface area contributed by atoms with Gasteiger partial charge in [-0.15, -0.1) is 0 Å². The van der Waals surface area contributed by atoms with Crippen molar-refractivity contribution in [1.29, 1.82) is 0 Å². The molecule has 0 bridgehead atoms. The van der Waals surface area contributed by atoms with Crippen molar-refractivity contribution in [3.63, 3.8) is 0 Å². The molecule has 1 aliphatic rings. The minimum Gasteiger partial charge on any atom is -0.351 e. The highest BCUT2D eigenvalue weighted by atomic mass is 35.5. The first-order chi connectivity index (χ1) is 17.6. The van der Waals surface area contributed by atoms with Gasteiger partial charge in [0.25, 0.3) is 0 Å². The van der Waals surface area contributed by atoms with Crippen LogP contribution >= 0.6 is 11.6 Å². The first-order valence-electron chi connectivity index (χ1n) is 12.9. The summed E-state index contributed by atoms with van der Waals surface area (Å²) in [6.45, 7) is 9.57. The number of rotatable bonds is 8. The largest absolute Gasteiger partial charge is 0.351 e. The number of carbonyl (C=O) groups is 2. The summed E-state index contributed by atoms with van der Waals surface area (Å²) in [5, 5.41) is 6.02. The van der Waals surface area contributed by atoms with Crippen molar-refractivity contribution in [2.75, 3.05) is 6.67 Å². The molecule has 0 unspecified atom stereocenters. The SMILES string of the molecule is C=C(NC(=O)N=C(C)c1cccc(C(C)C)c1)c1cc(CNC(=O)C2(CF)CCCCCC2)ccc1Cl. The second-order valence-corrected chi connectivity index (χ2v) is 10.6. The first-order valence-corrected chi connectivity index (χ1v) is 13.3. The smallest absolute Gasteiger partial charge is 0.345 e. The van der Waals surface area contributed by atoms with Crippen molar-refractivity contribution >= 4 is 34.9 Å². The van der Waals surface area contributed by atoms with E-state index in [-0.39, 0.29) is 12.5 Å². The highest BCUT2D eigenvalue weighted by Crippen LogP contribution is 2.36. The summed E-state index contributed by atoms with van der Waals surface area (Å²) in [5.41, 5.74) is 3.32. The van der Waals surface area contributed by atoms with Gasteiger partial charge in [0.15, 0.2) is 0 Å². The van der Waals surface area contributed by atoms with Crippen LogP contribution in [-0.2, 0) is 11.3 Å². The van der Waals surface area contributed by atoms with E-state index < -0.39 is 18.1 Å². The maximum atomic E-state index is 13.9. The van der Waals surface area contributed by atoms with Gasteiger partial charge in [-0.2, -0.15) is 4.99 Å². The van der Waals surface area contributed by atoms with E-state index in [9.17, 15) is 14.0 Å². The molecule has 0 atom stereocenters. The zero-order valence-electron chi connectivity index (χ0n) is 22.0. The average Bonchev–Trinajstić information content (AvgIpc) is 3.14. The fraction of sp³-hybridized carbons (Fsp3) is 0.433. The van der Waals surface area contributed by atoms with Gasteiger partial charge < -0.3 is 10.6 Å². The predicted molar refractivity (Wildman–Crippen MR) is 150 cm³/mol. The van der Waals surface area contributed by atoms with Crippen molar-refractivity contribution in [3.8, 4) is 0 Å². The van der Waals surface area contributed by atoms with Crippen molar-refractivity contribution in [3.05, 3.63) is 76.3 Å². The standard InChI is InChI=1S/C30H37ClFN3O2/c1-20(2)24-10-9-11-25(17-24)21(3)34-29(37)35-22(4)26-16-23(12-13-27(26)31)18-33-28(36)30(19-32)14-7-5-6-8-15-30/h9-13,16-17,20H,4-8,14-15,18-19H2,1-3H3,(H,33,36)(H,35,37). The molecule has 0 aliphatic heterocycles. The Morgan fingerprint density at radius 3 is 2.46 bits per heavy atom. The summed E-state index contributed by atoms with van der Waals surface area (Å²) in [4.78, 5) is 29.7. The van der Waals surface area contributed by atoms with E-state index in [0.717, 1.165) is 36.8 Å². The lowest BCUT2D eigenvalue weighted by Crippen LogP contribution is -2.42. The summed E-state index contributed by atoms with van der Waals surface area (Å²) < 4.78 is 13.9. The Bertz CT molecular complexity index is 1170. The molecule has 0 aromatic heterocycles. The Hall–Kier alpha value is -2.99. The Labute approximate surface area is 224 Å². The number of urea groups is 1. The van der Waals surface area contributed by atoms with Crippen LogP contribution in [0.4, 0.5) is 9.18 Å². The van der Waals surface area contributed by atoms with Crippen LogP contribution in [0.5, 0.6) is 0 Å². The molecule has 7 heteroatoms. The maximum absolute atomic E-state index is 13.9. The van der Waals surface area contributed by atoms with E-state index in [2.05, 4.69) is 42.1 Å². The number of aliphatic imine (C=N–C) groups is 1. The molecule has 1 saturated carbocycles. The predicted octanol–water partition coefficient (Wildman–Crippen LogP) is 7.58. The quantitative estimate of drug-likeness (QED) is 0.275. The molecular weight excluding hydrogens is 489 g/mol. The van der Waals surface area contributed by atoms with Gasteiger partial charge >= 0.3 is 6.03 Å². The third-order valence-electron chi connectivity index (χ3n) is 7.11. The van der Waals surface area contributed by atoms with Crippen LogP contribution in [0.3, 0.4) is 0 Å². The van der Waals surface area contributed by atoms with E-state index in [1.807, 2.05) is 18.2 Å². The summed E-state index contributed by atoms with van der Waals surface area (Å²) in [6, 6.07) is 12.7. The van der Waals surface area contributed by atoms with Gasteiger partial charge in [-0.3, -0.25) is 4.79 Å². The number of benzene rings is 2. The molecule has 2 N–H and O–H groups in total. The number of halogens is 2. The highest BCUT2D eigenvalue weighted by molar-refractivity contribution is 6.32. The number of amides is 3. The van der Waals surface area contributed by atoms with Gasteiger partial charge in [0, 0.05) is 22.8 Å². The van der Waals surface area contributed by atoms with Crippen molar-refractivity contribution in [2.45, 2.75) is 71.8 Å². The average molecular weight is 526 g/mol. The molecule has 5 nitrogen and oxygen atoms in total. The molecule has 0 saturated heterocycles. The summed E-state index contributed by atoms with van der Waals surface area (Å²) in [5.74, 6) is 0.127. The van der Waals surface area contributed by atoms with Crippen molar-refractivity contribution in [2.24, 2.45) is 10.4 Å². The molecule has 3 rings (SSSR count). The fourth-order valence-electron chi connectivity index (χ4n) is 4.67. The third-order valence-corrected chi connectivity index (χ3v) is 7.43. The summed E-state index contributed by atoms with van der Waals surface area (Å²) in [6.07, 6.45) is 4.96. The van der Waals surface area contributed by atoms with E-state index in [4.69, 9.17) is 11.6 Å². The minimum absolute atomic E-state index is 0.232. The zero-order chi connectivity index (χ0) is 27.0. The Kier molecular flexibility index (Phi) is 10.0. The maximum Gasteiger partial charge on any atom is 0.345 e. The van der Waals surface area contributed by atoms with Gasteiger partial charge in [-0.1, -0.05) is 82.0 Å². The number of carbonyl (C=O) groups excluding carboxylic acids is 2. The first kappa shape index (κ1) is 28.6. The number of hydrogen-bond acceptors (Lipinski definition) is 2. The van der Waals surface area contributed by atoms with Crippen molar-refractivity contribution in [1.82, 2.24) is 10.6 Å². The van der Waals surface area contributed by atoms with Gasteiger partial charge in [0.2, 0.25) is 5.91 Å².